The smallest absolute Gasteiger partial charge is 0.0620 e. The molecule has 18 heavy (non-hydrogen) atoms. The van der Waals surface area contributed by atoms with Crippen LogP contribution in [0.25, 0.3) is 0 Å². The maximum absolute atomic E-state index is 6.16. The monoisotopic (exact) mass is 266 g/mol. The number of nitrogens with one attached hydrogen (secondary N) is 1. The molecule has 1 fully saturated rings. The molecular weight excluding hydrogens is 244 g/mol. The molecule has 1 aliphatic rings. The highest BCUT2D eigenvalue weighted by atomic mass is 35.5. The number of nitrogens with two attached hydrogens (primary N) is 1. The standard InChI is InChI=1S/C15H23ClN2/c1-9-4-5-12(8-10(9)2)18-15-11(3)13(16)6-7-14(15)17/h6-7,9-10,12,18H,4-5,8,17H2,1-3H3. The van der Waals surface area contributed by atoms with Gasteiger partial charge in [-0.15, -0.1) is 0 Å². The van der Waals surface area contributed by atoms with Gasteiger partial charge in [0.05, 0.1) is 11.4 Å². The van der Waals surface area contributed by atoms with Gasteiger partial charge in [0.15, 0.2) is 0 Å². The average Bonchev–Trinajstić information content (AvgIpc) is 2.34. The van der Waals surface area contributed by atoms with Gasteiger partial charge in [0.2, 0.25) is 0 Å². The molecule has 2 rings (SSSR count). The molecule has 0 aliphatic heterocycles. The zero-order valence-corrected chi connectivity index (χ0v) is 12.2. The third-order valence-electron chi connectivity index (χ3n) is 4.38. The largest absolute Gasteiger partial charge is 0.397 e. The molecular formula is C15H23ClN2. The first-order valence-electron chi connectivity index (χ1n) is 6.80. The quantitative estimate of drug-likeness (QED) is 0.775. The molecule has 0 radical (unpaired) electrons. The third-order valence-corrected chi connectivity index (χ3v) is 4.79. The summed E-state index contributed by atoms with van der Waals surface area (Å²) in [4.78, 5) is 0. The molecule has 3 atom stereocenters. The molecule has 2 nitrogen and oxygen atoms in total. The van der Waals surface area contributed by atoms with E-state index >= 15 is 0 Å². The molecule has 3 heteroatoms. The van der Waals surface area contributed by atoms with Crippen LogP contribution in [0, 0.1) is 18.8 Å². The van der Waals surface area contributed by atoms with Gasteiger partial charge in [-0.2, -0.15) is 0 Å². The number of anilines is 2. The molecule has 0 aromatic heterocycles. The van der Waals surface area contributed by atoms with Crippen LogP contribution in [0.15, 0.2) is 12.1 Å². The Kier molecular flexibility index (Phi) is 4.06. The summed E-state index contributed by atoms with van der Waals surface area (Å²) < 4.78 is 0. The minimum atomic E-state index is 0.524. The summed E-state index contributed by atoms with van der Waals surface area (Å²) in [7, 11) is 0. The van der Waals surface area contributed by atoms with Crippen molar-refractivity contribution in [3.8, 4) is 0 Å². The minimum Gasteiger partial charge on any atom is -0.397 e. The maximum atomic E-state index is 6.16. The molecule has 3 unspecified atom stereocenters. The van der Waals surface area contributed by atoms with Crippen molar-refractivity contribution in [3.05, 3.63) is 22.7 Å². The van der Waals surface area contributed by atoms with Gasteiger partial charge in [0.1, 0.15) is 0 Å². The van der Waals surface area contributed by atoms with Gasteiger partial charge in [-0.3, -0.25) is 0 Å². The molecule has 1 aliphatic carbocycles. The average molecular weight is 267 g/mol. The van der Waals surface area contributed by atoms with Crippen molar-refractivity contribution >= 4 is 23.0 Å². The molecule has 100 valence electrons. The van der Waals surface area contributed by atoms with Gasteiger partial charge in [-0.1, -0.05) is 25.4 Å². The number of rotatable bonds is 2. The number of halogens is 1. The number of benzene rings is 1. The maximum Gasteiger partial charge on any atom is 0.0620 e. The second-order valence-corrected chi connectivity index (χ2v) is 6.15. The Bertz CT molecular complexity index is 431. The van der Waals surface area contributed by atoms with Crippen molar-refractivity contribution in [1.29, 1.82) is 0 Å². The van der Waals surface area contributed by atoms with Crippen LogP contribution in [-0.2, 0) is 0 Å². The Balaban J connectivity index is 2.13. The molecule has 3 N–H and O–H groups in total. The summed E-state index contributed by atoms with van der Waals surface area (Å²) in [6.45, 7) is 6.71. The predicted octanol–water partition coefficient (Wildman–Crippen LogP) is 4.47. The molecule has 0 spiro atoms. The lowest BCUT2D eigenvalue weighted by molar-refractivity contribution is 0.261. The lowest BCUT2D eigenvalue weighted by Gasteiger charge is -2.33. The Morgan fingerprint density at radius 2 is 1.94 bits per heavy atom. The predicted molar refractivity (Wildman–Crippen MR) is 80.2 cm³/mol. The molecule has 0 bridgehead atoms. The zero-order chi connectivity index (χ0) is 13.3. The van der Waals surface area contributed by atoms with E-state index in [1.54, 1.807) is 0 Å². The zero-order valence-electron chi connectivity index (χ0n) is 11.5. The SMILES string of the molecule is Cc1c(Cl)ccc(N)c1NC1CCC(C)C(C)C1. The van der Waals surface area contributed by atoms with Crippen LogP contribution in [0.1, 0.15) is 38.7 Å². The van der Waals surface area contributed by atoms with Crippen molar-refractivity contribution in [1.82, 2.24) is 0 Å². The highest BCUT2D eigenvalue weighted by Gasteiger charge is 2.25. The van der Waals surface area contributed by atoms with E-state index in [4.69, 9.17) is 17.3 Å². The van der Waals surface area contributed by atoms with Crippen molar-refractivity contribution in [2.45, 2.75) is 46.1 Å². The van der Waals surface area contributed by atoms with Gasteiger partial charge in [0, 0.05) is 11.1 Å². The van der Waals surface area contributed by atoms with E-state index in [9.17, 15) is 0 Å². The fourth-order valence-corrected chi connectivity index (χ4v) is 2.94. The second kappa shape index (κ2) is 5.40. The van der Waals surface area contributed by atoms with Crippen LogP contribution >= 0.6 is 11.6 Å². The lowest BCUT2D eigenvalue weighted by Crippen LogP contribution is -2.30. The van der Waals surface area contributed by atoms with E-state index in [1.807, 2.05) is 19.1 Å². The molecule has 1 aromatic rings. The van der Waals surface area contributed by atoms with Gasteiger partial charge >= 0.3 is 0 Å². The summed E-state index contributed by atoms with van der Waals surface area (Å²) in [5.41, 5.74) is 8.92. The van der Waals surface area contributed by atoms with Gasteiger partial charge < -0.3 is 11.1 Å². The Morgan fingerprint density at radius 3 is 2.61 bits per heavy atom. The fraction of sp³-hybridized carbons (Fsp3) is 0.600. The first kappa shape index (κ1) is 13.5. The summed E-state index contributed by atoms with van der Waals surface area (Å²) in [6.07, 6.45) is 3.72. The number of hydrogen-bond acceptors (Lipinski definition) is 2. The van der Waals surface area contributed by atoms with Crippen LogP contribution in [-0.4, -0.2) is 6.04 Å². The minimum absolute atomic E-state index is 0.524. The molecule has 0 heterocycles. The molecule has 1 saturated carbocycles. The van der Waals surface area contributed by atoms with Crippen LogP contribution in [0.3, 0.4) is 0 Å². The lowest BCUT2D eigenvalue weighted by atomic mass is 9.79. The van der Waals surface area contributed by atoms with Crippen LogP contribution in [0.4, 0.5) is 11.4 Å². The first-order chi connectivity index (χ1) is 8.49. The number of hydrogen-bond donors (Lipinski definition) is 2. The van der Waals surface area contributed by atoms with Crippen LogP contribution in [0.2, 0.25) is 5.02 Å². The molecule has 0 saturated heterocycles. The van der Waals surface area contributed by atoms with Crippen molar-refractivity contribution < 1.29 is 0 Å². The highest BCUT2D eigenvalue weighted by molar-refractivity contribution is 6.31. The van der Waals surface area contributed by atoms with Crippen molar-refractivity contribution in [3.63, 3.8) is 0 Å². The van der Waals surface area contributed by atoms with Gasteiger partial charge in [0.25, 0.3) is 0 Å². The molecule has 0 amide bonds. The van der Waals surface area contributed by atoms with E-state index in [2.05, 4.69) is 19.2 Å². The first-order valence-corrected chi connectivity index (χ1v) is 7.18. The molecule has 1 aromatic carbocycles. The van der Waals surface area contributed by atoms with Crippen LogP contribution < -0.4 is 11.1 Å². The third kappa shape index (κ3) is 2.74. The summed E-state index contributed by atoms with van der Waals surface area (Å²) in [5, 5.41) is 4.38. The summed E-state index contributed by atoms with van der Waals surface area (Å²) >= 11 is 6.16. The summed E-state index contributed by atoms with van der Waals surface area (Å²) in [6, 6.07) is 4.27. The van der Waals surface area contributed by atoms with Crippen molar-refractivity contribution in [2.75, 3.05) is 11.1 Å². The highest BCUT2D eigenvalue weighted by Crippen LogP contribution is 2.35. The van der Waals surface area contributed by atoms with E-state index in [0.29, 0.717) is 6.04 Å². The topological polar surface area (TPSA) is 38.0 Å². The Hall–Kier alpha value is -0.890. The Morgan fingerprint density at radius 1 is 1.22 bits per heavy atom. The Labute approximate surface area is 115 Å². The van der Waals surface area contributed by atoms with E-state index in [1.165, 1.54) is 19.3 Å². The fourth-order valence-electron chi connectivity index (χ4n) is 2.78. The van der Waals surface area contributed by atoms with Crippen molar-refractivity contribution in [2.24, 2.45) is 11.8 Å². The van der Waals surface area contributed by atoms with E-state index in [-0.39, 0.29) is 0 Å². The van der Waals surface area contributed by atoms with E-state index in [0.717, 1.165) is 33.8 Å². The normalized spacial score (nSPS) is 28.1. The summed E-state index contributed by atoms with van der Waals surface area (Å²) in [5.74, 6) is 1.61. The van der Waals surface area contributed by atoms with Gasteiger partial charge in [-0.05, 0) is 55.7 Å². The second-order valence-electron chi connectivity index (χ2n) is 5.75. The van der Waals surface area contributed by atoms with Crippen LogP contribution in [0.5, 0.6) is 0 Å². The van der Waals surface area contributed by atoms with Gasteiger partial charge in [-0.25, -0.2) is 0 Å². The van der Waals surface area contributed by atoms with E-state index < -0.39 is 0 Å². The number of nitrogen functional groups attached to an aromatic ring is 1.